The molecule has 1 rings (SSSR count). The molecule has 1 fully saturated rings. The number of ether oxygens (including phenoxy) is 1. The Morgan fingerprint density at radius 3 is 3.10 bits per heavy atom. The molecule has 1 aliphatic heterocycles. The molecule has 0 radical (unpaired) electrons. The molecule has 0 spiro atoms. The summed E-state index contributed by atoms with van der Waals surface area (Å²) in [4.78, 5) is 2.33. The third-order valence-corrected chi connectivity index (χ3v) is 2.00. The zero-order valence-electron chi connectivity index (χ0n) is 6.76. The van der Waals surface area contributed by atoms with Crippen molar-refractivity contribution in [3.8, 4) is 0 Å². The number of rotatable bonds is 2. The van der Waals surface area contributed by atoms with Crippen molar-refractivity contribution in [2.24, 2.45) is 0 Å². The van der Waals surface area contributed by atoms with Crippen molar-refractivity contribution in [1.29, 1.82) is 0 Å². The first-order valence-electron chi connectivity index (χ1n) is 3.74. The van der Waals surface area contributed by atoms with Gasteiger partial charge in [0, 0.05) is 32.8 Å². The van der Waals surface area contributed by atoms with Gasteiger partial charge >= 0.3 is 0 Å². The normalized spacial score (nSPS) is 28.8. The minimum Gasteiger partial charge on any atom is -0.383 e. The highest BCUT2D eigenvalue weighted by Gasteiger charge is 2.17. The highest BCUT2D eigenvalue weighted by Crippen LogP contribution is 1.98. The molecule has 0 aromatic heterocycles. The minimum atomic E-state index is 0.568. The fraction of sp³-hybridized carbons (Fsp3) is 1.00. The Balaban J connectivity index is 2.25. The maximum absolute atomic E-state index is 5.07. The van der Waals surface area contributed by atoms with Gasteiger partial charge in [0.1, 0.15) is 0 Å². The first-order valence-corrected chi connectivity index (χ1v) is 3.74. The van der Waals surface area contributed by atoms with Gasteiger partial charge in [-0.3, -0.25) is 4.90 Å². The van der Waals surface area contributed by atoms with E-state index in [1.807, 2.05) is 0 Å². The summed E-state index contributed by atoms with van der Waals surface area (Å²) < 4.78 is 5.07. The average molecular weight is 144 g/mol. The first-order chi connectivity index (χ1) is 4.84. The zero-order chi connectivity index (χ0) is 7.40. The van der Waals surface area contributed by atoms with Crippen LogP contribution in [0.2, 0.25) is 0 Å². The molecule has 1 unspecified atom stereocenters. The summed E-state index contributed by atoms with van der Waals surface area (Å²) in [7, 11) is 3.90. The molecule has 1 N–H and O–H groups in total. The average Bonchev–Trinajstić information content (AvgIpc) is 1.94. The van der Waals surface area contributed by atoms with Gasteiger partial charge in [0.2, 0.25) is 0 Å². The Hall–Kier alpha value is -0.120. The Kier molecular flexibility index (Phi) is 3.12. The lowest BCUT2D eigenvalue weighted by atomic mass is 10.2. The van der Waals surface area contributed by atoms with Gasteiger partial charge in [-0.25, -0.2) is 0 Å². The zero-order valence-corrected chi connectivity index (χ0v) is 6.76. The van der Waals surface area contributed by atoms with Crippen molar-refractivity contribution in [3.05, 3.63) is 0 Å². The van der Waals surface area contributed by atoms with Gasteiger partial charge in [-0.1, -0.05) is 0 Å². The Labute approximate surface area is 62.3 Å². The van der Waals surface area contributed by atoms with E-state index in [0.717, 1.165) is 26.2 Å². The van der Waals surface area contributed by atoms with Crippen LogP contribution in [0.1, 0.15) is 0 Å². The van der Waals surface area contributed by atoms with E-state index < -0.39 is 0 Å². The van der Waals surface area contributed by atoms with Crippen molar-refractivity contribution < 1.29 is 4.74 Å². The van der Waals surface area contributed by atoms with E-state index in [9.17, 15) is 0 Å². The summed E-state index contributed by atoms with van der Waals surface area (Å²) in [6.07, 6.45) is 0. The third kappa shape index (κ3) is 1.94. The summed E-state index contributed by atoms with van der Waals surface area (Å²) in [6.45, 7) is 4.14. The van der Waals surface area contributed by atoms with Crippen LogP contribution in [0.25, 0.3) is 0 Å². The van der Waals surface area contributed by atoms with Gasteiger partial charge in [0.15, 0.2) is 0 Å². The van der Waals surface area contributed by atoms with Gasteiger partial charge < -0.3 is 10.1 Å². The van der Waals surface area contributed by atoms with E-state index in [4.69, 9.17) is 4.74 Å². The lowest BCUT2D eigenvalue weighted by Gasteiger charge is -2.32. The Morgan fingerprint density at radius 1 is 1.70 bits per heavy atom. The monoisotopic (exact) mass is 144 g/mol. The predicted molar refractivity (Wildman–Crippen MR) is 41.2 cm³/mol. The molecule has 1 heterocycles. The van der Waals surface area contributed by atoms with Gasteiger partial charge in [-0.2, -0.15) is 0 Å². The Bertz CT molecular complexity index is 95.6. The SMILES string of the molecule is COCC1CNCCN1C. The van der Waals surface area contributed by atoms with Crippen LogP contribution in [-0.2, 0) is 4.74 Å². The number of hydrogen-bond acceptors (Lipinski definition) is 3. The number of nitrogens with one attached hydrogen (secondary N) is 1. The van der Waals surface area contributed by atoms with E-state index in [2.05, 4.69) is 17.3 Å². The topological polar surface area (TPSA) is 24.5 Å². The van der Waals surface area contributed by atoms with Crippen molar-refractivity contribution in [2.75, 3.05) is 40.4 Å². The fourth-order valence-electron chi connectivity index (χ4n) is 1.24. The molecular weight excluding hydrogens is 128 g/mol. The first kappa shape index (κ1) is 7.98. The van der Waals surface area contributed by atoms with E-state index in [0.29, 0.717) is 6.04 Å². The van der Waals surface area contributed by atoms with Crippen LogP contribution in [-0.4, -0.2) is 51.3 Å². The molecule has 3 nitrogen and oxygen atoms in total. The van der Waals surface area contributed by atoms with E-state index in [1.165, 1.54) is 0 Å². The van der Waals surface area contributed by atoms with Gasteiger partial charge in [-0.05, 0) is 7.05 Å². The second kappa shape index (κ2) is 3.91. The van der Waals surface area contributed by atoms with Crippen LogP contribution >= 0.6 is 0 Å². The van der Waals surface area contributed by atoms with E-state index in [1.54, 1.807) is 7.11 Å². The van der Waals surface area contributed by atoms with E-state index in [-0.39, 0.29) is 0 Å². The maximum atomic E-state index is 5.07. The van der Waals surface area contributed by atoms with Crippen molar-refractivity contribution in [2.45, 2.75) is 6.04 Å². The number of hydrogen-bond donors (Lipinski definition) is 1. The second-order valence-electron chi connectivity index (χ2n) is 2.79. The predicted octanol–water partition coefficient (Wildman–Crippen LogP) is -0.464. The van der Waals surface area contributed by atoms with Gasteiger partial charge in [-0.15, -0.1) is 0 Å². The molecule has 60 valence electrons. The fourth-order valence-corrected chi connectivity index (χ4v) is 1.24. The molecule has 0 aromatic carbocycles. The molecule has 0 amide bonds. The maximum Gasteiger partial charge on any atom is 0.0630 e. The second-order valence-corrected chi connectivity index (χ2v) is 2.79. The molecule has 1 aliphatic rings. The molecule has 0 aromatic rings. The largest absolute Gasteiger partial charge is 0.383 e. The van der Waals surface area contributed by atoms with E-state index >= 15 is 0 Å². The summed E-state index contributed by atoms with van der Waals surface area (Å²) >= 11 is 0. The molecule has 1 atom stereocenters. The molecular formula is C7H16N2O. The molecule has 10 heavy (non-hydrogen) atoms. The quantitative estimate of drug-likeness (QED) is 0.567. The van der Waals surface area contributed by atoms with Crippen LogP contribution in [0.15, 0.2) is 0 Å². The van der Waals surface area contributed by atoms with Crippen LogP contribution in [0.5, 0.6) is 0 Å². The van der Waals surface area contributed by atoms with Crippen LogP contribution in [0, 0.1) is 0 Å². The smallest absolute Gasteiger partial charge is 0.0630 e. The number of piperazine rings is 1. The van der Waals surface area contributed by atoms with Gasteiger partial charge in [0.25, 0.3) is 0 Å². The molecule has 3 heteroatoms. The van der Waals surface area contributed by atoms with Crippen molar-refractivity contribution in [3.63, 3.8) is 0 Å². The Morgan fingerprint density at radius 2 is 2.50 bits per heavy atom. The molecule has 1 saturated heterocycles. The molecule has 0 bridgehead atoms. The summed E-state index contributed by atoms with van der Waals surface area (Å²) in [6, 6.07) is 0.568. The summed E-state index contributed by atoms with van der Waals surface area (Å²) in [5, 5.41) is 3.33. The number of methoxy groups -OCH3 is 1. The molecule has 0 aliphatic carbocycles. The lowest BCUT2D eigenvalue weighted by molar-refractivity contribution is 0.0909. The van der Waals surface area contributed by atoms with Crippen LogP contribution in [0.3, 0.4) is 0 Å². The highest BCUT2D eigenvalue weighted by molar-refractivity contribution is 4.76. The lowest BCUT2D eigenvalue weighted by Crippen LogP contribution is -2.51. The summed E-state index contributed by atoms with van der Waals surface area (Å²) in [5.74, 6) is 0. The van der Waals surface area contributed by atoms with Crippen LogP contribution < -0.4 is 5.32 Å². The number of likely N-dealkylation sites (N-methyl/N-ethyl adjacent to an activating group) is 1. The summed E-state index contributed by atoms with van der Waals surface area (Å²) in [5.41, 5.74) is 0. The minimum absolute atomic E-state index is 0.568. The standard InChI is InChI=1S/C7H16N2O/c1-9-4-3-8-5-7(9)6-10-2/h7-8H,3-6H2,1-2H3. The van der Waals surface area contributed by atoms with Crippen LogP contribution in [0.4, 0.5) is 0 Å². The number of nitrogens with zero attached hydrogens (tertiary/aromatic N) is 1. The highest BCUT2D eigenvalue weighted by atomic mass is 16.5. The van der Waals surface area contributed by atoms with Gasteiger partial charge in [0.05, 0.1) is 6.61 Å². The molecule has 0 saturated carbocycles. The van der Waals surface area contributed by atoms with Crippen molar-refractivity contribution in [1.82, 2.24) is 10.2 Å². The van der Waals surface area contributed by atoms with Crippen molar-refractivity contribution >= 4 is 0 Å². The third-order valence-electron chi connectivity index (χ3n) is 2.00.